The standard InChI is InChI=1S/C7H12N4S2/c8-3-4-12-7-11-10-6(13-7)9-5-1-2-5/h5H,1-4,8H2,(H,9,10). The normalized spacial score (nSPS) is 16.1. The molecule has 0 unspecified atom stereocenters. The number of nitrogens with zero attached hydrogens (tertiary/aromatic N) is 2. The predicted molar refractivity (Wildman–Crippen MR) is 56.3 cm³/mol. The summed E-state index contributed by atoms with van der Waals surface area (Å²) >= 11 is 3.28. The van der Waals surface area contributed by atoms with Crippen LogP contribution in [0.4, 0.5) is 5.13 Å². The molecular weight excluding hydrogens is 204 g/mol. The van der Waals surface area contributed by atoms with Crippen molar-refractivity contribution in [2.75, 3.05) is 17.6 Å². The Morgan fingerprint density at radius 3 is 3.08 bits per heavy atom. The van der Waals surface area contributed by atoms with E-state index in [1.54, 1.807) is 23.1 Å². The minimum absolute atomic E-state index is 0.653. The highest BCUT2D eigenvalue weighted by Crippen LogP contribution is 2.29. The summed E-state index contributed by atoms with van der Waals surface area (Å²) in [5.74, 6) is 0.915. The second kappa shape index (κ2) is 4.26. The first-order chi connectivity index (χ1) is 6.38. The van der Waals surface area contributed by atoms with Crippen molar-refractivity contribution in [3.05, 3.63) is 0 Å². The highest BCUT2D eigenvalue weighted by Gasteiger charge is 2.22. The highest BCUT2D eigenvalue weighted by molar-refractivity contribution is 8.01. The lowest BCUT2D eigenvalue weighted by Crippen LogP contribution is -2.00. The number of aromatic nitrogens is 2. The molecule has 1 heterocycles. The third-order valence-corrected chi connectivity index (χ3v) is 3.68. The van der Waals surface area contributed by atoms with Crippen molar-refractivity contribution in [1.82, 2.24) is 10.2 Å². The van der Waals surface area contributed by atoms with E-state index in [0.29, 0.717) is 12.6 Å². The molecule has 72 valence electrons. The van der Waals surface area contributed by atoms with E-state index in [0.717, 1.165) is 15.2 Å². The van der Waals surface area contributed by atoms with Crippen molar-refractivity contribution in [3.63, 3.8) is 0 Å². The molecule has 0 saturated heterocycles. The van der Waals surface area contributed by atoms with E-state index in [1.165, 1.54) is 12.8 Å². The Morgan fingerprint density at radius 2 is 2.38 bits per heavy atom. The molecule has 0 radical (unpaired) electrons. The number of anilines is 1. The van der Waals surface area contributed by atoms with E-state index in [2.05, 4.69) is 15.5 Å². The minimum atomic E-state index is 0.653. The van der Waals surface area contributed by atoms with Crippen LogP contribution in [-0.2, 0) is 0 Å². The largest absolute Gasteiger partial charge is 0.357 e. The highest BCUT2D eigenvalue weighted by atomic mass is 32.2. The average Bonchev–Trinajstić information content (AvgIpc) is 2.81. The fraction of sp³-hybridized carbons (Fsp3) is 0.714. The first-order valence-electron chi connectivity index (χ1n) is 4.31. The number of nitrogens with one attached hydrogen (secondary N) is 1. The molecule has 3 N–H and O–H groups in total. The number of rotatable bonds is 5. The second-order valence-electron chi connectivity index (χ2n) is 2.93. The van der Waals surface area contributed by atoms with E-state index in [9.17, 15) is 0 Å². The van der Waals surface area contributed by atoms with Crippen molar-refractivity contribution in [1.29, 1.82) is 0 Å². The molecule has 0 spiro atoms. The van der Waals surface area contributed by atoms with Crippen LogP contribution in [0.1, 0.15) is 12.8 Å². The van der Waals surface area contributed by atoms with Gasteiger partial charge in [-0.2, -0.15) is 0 Å². The van der Waals surface area contributed by atoms with Gasteiger partial charge >= 0.3 is 0 Å². The number of thioether (sulfide) groups is 1. The number of hydrogen-bond donors (Lipinski definition) is 2. The van der Waals surface area contributed by atoms with Crippen LogP contribution in [0.15, 0.2) is 4.34 Å². The topological polar surface area (TPSA) is 63.8 Å². The van der Waals surface area contributed by atoms with Crippen molar-refractivity contribution in [2.45, 2.75) is 23.2 Å². The molecule has 4 nitrogen and oxygen atoms in total. The van der Waals surface area contributed by atoms with Gasteiger partial charge < -0.3 is 11.1 Å². The van der Waals surface area contributed by atoms with Crippen molar-refractivity contribution < 1.29 is 0 Å². The van der Waals surface area contributed by atoms with Crippen LogP contribution >= 0.6 is 23.1 Å². The second-order valence-corrected chi connectivity index (χ2v) is 5.25. The summed E-state index contributed by atoms with van der Waals surface area (Å²) in [6.45, 7) is 0.690. The summed E-state index contributed by atoms with van der Waals surface area (Å²) in [5.41, 5.74) is 5.39. The van der Waals surface area contributed by atoms with Gasteiger partial charge in [-0.25, -0.2) is 0 Å². The van der Waals surface area contributed by atoms with Gasteiger partial charge in [-0.3, -0.25) is 0 Å². The predicted octanol–water partition coefficient (Wildman–Crippen LogP) is 1.16. The molecule has 1 aromatic rings. The van der Waals surface area contributed by atoms with Gasteiger partial charge in [0.15, 0.2) is 4.34 Å². The van der Waals surface area contributed by atoms with Crippen LogP contribution in [0.3, 0.4) is 0 Å². The Morgan fingerprint density at radius 1 is 1.54 bits per heavy atom. The summed E-state index contributed by atoms with van der Waals surface area (Å²) in [5, 5.41) is 12.4. The van der Waals surface area contributed by atoms with Gasteiger partial charge in [0.2, 0.25) is 5.13 Å². The monoisotopic (exact) mass is 216 g/mol. The van der Waals surface area contributed by atoms with E-state index in [4.69, 9.17) is 5.73 Å². The Kier molecular flexibility index (Phi) is 3.02. The molecule has 0 amide bonds. The summed E-state index contributed by atoms with van der Waals surface area (Å²) in [7, 11) is 0. The molecule has 13 heavy (non-hydrogen) atoms. The van der Waals surface area contributed by atoms with Crippen molar-refractivity contribution in [2.24, 2.45) is 5.73 Å². The maximum absolute atomic E-state index is 5.39. The zero-order valence-electron chi connectivity index (χ0n) is 7.19. The maximum atomic E-state index is 5.39. The average molecular weight is 216 g/mol. The zero-order chi connectivity index (χ0) is 9.10. The van der Waals surface area contributed by atoms with E-state index >= 15 is 0 Å². The van der Waals surface area contributed by atoms with Gasteiger partial charge in [-0.05, 0) is 12.8 Å². The summed E-state index contributed by atoms with van der Waals surface area (Å²) < 4.78 is 1.01. The van der Waals surface area contributed by atoms with Gasteiger partial charge in [-0.15, -0.1) is 10.2 Å². The molecule has 1 aliphatic rings. The van der Waals surface area contributed by atoms with E-state index in [1.807, 2.05) is 0 Å². The van der Waals surface area contributed by atoms with E-state index in [-0.39, 0.29) is 0 Å². The fourth-order valence-corrected chi connectivity index (χ4v) is 2.54. The summed E-state index contributed by atoms with van der Waals surface area (Å²) in [6, 6.07) is 0.653. The Labute approximate surface area is 85.3 Å². The van der Waals surface area contributed by atoms with Crippen LogP contribution < -0.4 is 11.1 Å². The molecular formula is C7H12N4S2. The van der Waals surface area contributed by atoms with Gasteiger partial charge in [0.05, 0.1) is 0 Å². The molecule has 0 aliphatic heterocycles. The molecule has 0 bridgehead atoms. The van der Waals surface area contributed by atoms with Gasteiger partial charge in [0.1, 0.15) is 0 Å². The fourth-order valence-electron chi connectivity index (χ4n) is 0.875. The van der Waals surface area contributed by atoms with Crippen LogP contribution in [0.2, 0.25) is 0 Å². The quantitative estimate of drug-likeness (QED) is 0.723. The van der Waals surface area contributed by atoms with Crippen molar-refractivity contribution >= 4 is 28.2 Å². The Bertz CT molecular complexity index is 271. The first-order valence-corrected chi connectivity index (χ1v) is 6.11. The molecule has 1 aromatic heterocycles. The molecule has 1 fully saturated rings. The van der Waals surface area contributed by atoms with Gasteiger partial charge in [0, 0.05) is 18.3 Å². The lowest BCUT2D eigenvalue weighted by molar-refractivity contribution is 0.993. The molecule has 0 aromatic carbocycles. The summed E-state index contributed by atoms with van der Waals surface area (Å²) in [6.07, 6.45) is 2.54. The van der Waals surface area contributed by atoms with Crippen LogP contribution in [0, 0.1) is 0 Å². The van der Waals surface area contributed by atoms with Gasteiger partial charge in [-0.1, -0.05) is 23.1 Å². The van der Waals surface area contributed by atoms with Crippen LogP contribution in [-0.4, -0.2) is 28.5 Å². The van der Waals surface area contributed by atoms with Crippen LogP contribution in [0.25, 0.3) is 0 Å². The van der Waals surface area contributed by atoms with E-state index < -0.39 is 0 Å². The van der Waals surface area contributed by atoms with Crippen LogP contribution in [0.5, 0.6) is 0 Å². The molecule has 1 aliphatic carbocycles. The van der Waals surface area contributed by atoms with Gasteiger partial charge in [0.25, 0.3) is 0 Å². The maximum Gasteiger partial charge on any atom is 0.206 e. The molecule has 1 saturated carbocycles. The third-order valence-electron chi connectivity index (χ3n) is 1.65. The Balaban J connectivity index is 1.84. The molecule has 0 atom stereocenters. The Hall–Kier alpha value is -0.330. The summed E-state index contributed by atoms with van der Waals surface area (Å²) in [4.78, 5) is 0. The molecule has 6 heteroatoms. The first kappa shape index (κ1) is 9.23. The van der Waals surface area contributed by atoms with Crippen molar-refractivity contribution in [3.8, 4) is 0 Å². The lowest BCUT2D eigenvalue weighted by atomic mass is 10.7. The SMILES string of the molecule is NCCSc1nnc(NC2CC2)s1. The molecule has 2 rings (SSSR count). The minimum Gasteiger partial charge on any atom is -0.357 e. The lowest BCUT2D eigenvalue weighted by Gasteiger charge is -1.94. The third kappa shape index (κ3) is 2.82. The number of hydrogen-bond acceptors (Lipinski definition) is 6. The smallest absolute Gasteiger partial charge is 0.206 e. The number of nitrogens with two attached hydrogens (primary N) is 1. The zero-order valence-corrected chi connectivity index (χ0v) is 8.83.